The van der Waals surface area contributed by atoms with Gasteiger partial charge in [0.15, 0.2) is 12.2 Å². The molecule has 0 saturated carbocycles. The first-order chi connectivity index (χ1) is 40.7. The number of allylic oxidation sites excluding steroid dienone is 4. The van der Waals surface area contributed by atoms with E-state index in [1.54, 1.807) is 0 Å². The molecule has 2 unspecified atom stereocenters. The Morgan fingerprint density at radius 2 is 0.571 bits per heavy atom. The number of phosphoric acid groups is 2. The van der Waals surface area contributed by atoms with Gasteiger partial charge in [0.2, 0.25) is 0 Å². The van der Waals surface area contributed by atoms with Crippen LogP contribution in [0, 0.1) is 0 Å². The molecule has 84 heavy (non-hydrogen) atoms. The smallest absolute Gasteiger partial charge is 0.462 e. The lowest BCUT2D eigenvalue weighted by Gasteiger charge is -2.21. The largest absolute Gasteiger partial charge is 0.472 e. The molecule has 17 nitrogen and oxygen atoms in total. The lowest BCUT2D eigenvalue weighted by atomic mass is 10.0. The van der Waals surface area contributed by atoms with E-state index in [1.165, 1.54) is 116 Å². The summed E-state index contributed by atoms with van der Waals surface area (Å²) in [7, 11) is -9.88. The molecule has 0 saturated heterocycles. The number of hydrogen-bond donors (Lipinski definition) is 3. The van der Waals surface area contributed by atoms with Crippen molar-refractivity contribution >= 4 is 39.5 Å². The first kappa shape index (κ1) is 81.5. The van der Waals surface area contributed by atoms with Crippen LogP contribution >= 0.6 is 15.6 Å². The molecule has 0 heterocycles. The monoisotopic (exact) mass is 1240 g/mol. The molecule has 0 rings (SSSR count). The minimum absolute atomic E-state index is 0.0968. The second kappa shape index (κ2) is 59.5. The van der Waals surface area contributed by atoms with Gasteiger partial charge in [-0.2, -0.15) is 0 Å². The van der Waals surface area contributed by atoms with Crippen molar-refractivity contribution in [2.24, 2.45) is 0 Å². The Hall–Kier alpha value is -2.46. The third-order valence-electron chi connectivity index (χ3n) is 14.5. The van der Waals surface area contributed by atoms with Crippen LogP contribution < -0.4 is 0 Å². The first-order valence-corrected chi connectivity index (χ1v) is 36.6. The van der Waals surface area contributed by atoms with Gasteiger partial charge in [0.1, 0.15) is 19.3 Å². The Morgan fingerprint density at radius 1 is 0.333 bits per heavy atom. The fourth-order valence-corrected chi connectivity index (χ4v) is 10.8. The SMILES string of the molecule is CCCCCC/C=C\C=C/CCCCCCCC(=O)OC[C@H](COP(=O)(O)OC[C@@H](O)COP(=O)(O)OC[C@@H](COC(=O)CCCCCCC)OC(=O)CCCCCCC)OC(=O)CCCCCCCCCCCCCCCCCCCCC. The number of phosphoric ester groups is 2. The van der Waals surface area contributed by atoms with E-state index in [9.17, 15) is 43.2 Å². The molecule has 0 radical (unpaired) electrons. The van der Waals surface area contributed by atoms with Crippen molar-refractivity contribution in [1.29, 1.82) is 0 Å². The predicted octanol–water partition coefficient (Wildman–Crippen LogP) is 17.9. The highest BCUT2D eigenvalue weighted by molar-refractivity contribution is 7.47. The van der Waals surface area contributed by atoms with Crippen molar-refractivity contribution < 1.29 is 80.2 Å². The number of aliphatic hydroxyl groups is 1. The number of unbranched alkanes of at least 4 members (excludes halogenated alkanes) is 35. The molecule has 0 aromatic rings. The minimum atomic E-state index is -4.95. The van der Waals surface area contributed by atoms with Crippen molar-refractivity contribution in [2.75, 3.05) is 39.6 Å². The number of esters is 4. The number of ether oxygens (including phenoxy) is 4. The summed E-state index contributed by atoms with van der Waals surface area (Å²) in [5.41, 5.74) is 0. The maximum absolute atomic E-state index is 13.0. The molecule has 19 heteroatoms. The molecule has 5 atom stereocenters. The summed E-state index contributed by atoms with van der Waals surface area (Å²) in [6, 6.07) is 0. The summed E-state index contributed by atoms with van der Waals surface area (Å²) in [6.07, 6.45) is 49.0. The summed E-state index contributed by atoms with van der Waals surface area (Å²) < 4.78 is 67.5. The van der Waals surface area contributed by atoms with Gasteiger partial charge in [0, 0.05) is 25.7 Å². The van der Waals surface area contributed by atoms with Crippen molar-refractivity contribution in [2.45, 2.75) is 329 Å². The van der Waals surface area contributed by atoms with E-state index in [-0.39, 0.29) is 25.7 Å². The molecule has 0 bridgehead atoms. The van der Waals surface area contributed by atoms with Crippen LogP contribution in [-0.2, 0) is 65.4 Å². The maximum Gasteiger partial charge on any atom is 0.472 e. The van der Waals surface area contributed by atoms with E-state index < -0.39 is 97.5 Å². The summed E-state index contributed by atoms with van der Waals surface area (Å²) >= 11 is 0. The minimum Gasteiger partial charge on any atom is -0.462 e. The highest BCUT2D eigenvalue weighted by Crippen LogP contribution is 2.45. The van der Waals surface area contributed by atoms with Gasteiger partial charge in [-0.25, -0.2) is 9.13 Å². The third-order valence-corrected chi connectivity index (χ3v) is 16.4. The molecule has 0 aromatic heterocycles. The van der Waals surface area contributed by atoms with Gasteiger partial charge < -0.3 is 33.8 Å². The molecule has 0 fully saturated rings. The highest BCUT2D eigenvalue weighted by Gasteiger charge is 2.30. The van der Waals surface area contributed by atoms with E-state index in [2.05, 4.69) is 52.0 Å². The van der Waals surface area contributed by atoms with Crippen LogP contribution in [0.3, 0.4) is 0 Å². The van der Waals surface area contributed by atoms with Crippen LogP contribution in [0.15, 0.2) is 24.3 Å². The first-order valence-electron chi connectivity index (χ1n) is 33.6. The second-order valence-corrected chi connectivity index (χ2v) is 25.7. The van der Waals surface area contributed by atoms with E-state index >= 15 is 0 Å². The highest BCUT2D eigenvalue weighted by atomic mass is 31.2. The molecule has 494 valence electrons. The third kappa shape index (κ3) is 58.6. The number of carbonyl (C=O) groups is 4. The molecule has 0 aliphatic heterocycles. The van der Waals surface area contributed by atoms with E-state index in [1.807, 2.05) is 0 Å². The molecule has 0 spiro atoms. The lowest BCUT2D eigenvalue weighted by Crippen LogP contribution is -2.30. The number of rotatable bonds is 64. The zero-order valence-electron chi connectivity index (χ0n) is 53.3. The average Bonchev–Trinajstić information content (AvgIpc) is 3.49. The quantitative estimate of drug-likeness (QED) is 0.0169. The van der Waals surface area contributed by atoms with Gasteiger partial charge in [0.05, 0.1) is 26.4 Å². The molecular weight excluding hydrogens is 1110 g/mol. The van der Waals surface area contributed by atoms with Gasteiger partial charge in [-0.3, -0.25) is 37.3 Å². The Labute approximate surface area is 510 Å². The van der Waals surface area contributed by atoms with Crippen molar-refractivity contribution in [3.05, 3.63) is 24.3 Å². The van der Waals surface area contributed by atoms with Crippen LogP contribution in [0.4, 0.5) is 0 Å². The molecule has 0 aromatic carbocycles. The zero-order valence-corrected chi connectivity index (χ0v) is 55.1. The summed E-state index contributed by atoms with van der Waals surface area (Å²) in [6.45, 7) is 4.65. The molecule has 0 aliphatic rings. The van der Waals surface area contributed by atoms with E-state index in [0.29, 0.717) is 25.7 Å². The van der Waals surface area contributed by atoms with Gasteiger partial charge in [-0.1, -0.05) is 257 Å². The zero-order chi connectivity index (χ0) is 61.9. The van der Waals surface area contributed by atoms with Crippen LogP contribution in [0.2, 0.25) is 0 Å². The van der Waals surface area contributed by atoms with E-state index in [0.717, 1.165) is 116 Å². The fourth-order valence-electron chi connectivity index (χ4n) is 9.27. The summed E-state index contributed by atoms with van der Waals surface area (Å²) in [5, 5.41) is 10.5. The average molecular weight is 1240 g/mol. The van der Waals surface area contributed by atoms with Crippen LogP contribution in [-0.4, -0.2) is 96.7 Å². The van der Waals surface area contributed by atoms with Crippen LogP contribution in [0.5, 0.6) is 0 Å². The topological polar surface area (TPSA) is 237 Å². The van der Waals surface area contributed by atoms with Crippen LogP contribution in [0.25, 0.3) is 0 Å². The Morgan fingerprint density at radius 3 is 0.869 bits per heavy atom. The van der Waals surface area contributed by atoms with Crippen molar-refractivity contribution in [3.8, 4) is 0 Å². The normalized spacial score (nSPS) is 14.3. The summed E-state index contributed by atoms with van der Waals surface area (Å²) in [5.74, 6) is -2.18. The summed E-state index contributed by atoms with van der Waals surface area (Å²) in [4.78, 5) is 71.7. The van der Waals surface area contributed by atoms with Gasteiger partial charge >= 0.3 is 39.5 Å². The van der Waals surface area contributed by atoms with Crippen LogP contribution in [0.1, 0.15) is 310 Å². The molecular formula is C65H122O17P2. The Kier molecular flexibility index (Phi) is 57.8. The van der Waals surface area contributed by atoms with Gasteiger partial charge in [-0.15, -0.1) is 0 Å². The van der Waals surface area contributed by atoms with Gasteiger partial charge in [-0.05, 0) is 51.4 Å². The Bertz CT molecular complexity index is 1710. The maximum atomic E-state index is 13.0. The molecule has 0 aliphatic carbocycles. The van der Waals surface area contributed by atoms with Crippen molar-refractivity contribution in [3.63, 3.8) is 0 Å². The fraction of sp³-hybridized carbons (Fsp3) is 0.877. The molecule has 3 N–H and O–H groups in total. The standard InChI is InChI=1S/C65H122O17P2/c1-5-9-13-17-19-21-23-25-27-28-29-30-32-34-36-38-40-44-48-52-65(70)82-61(56-76-63(68)50-46-43-39-37-35-33-31-26-24-22-20-18-14-10-6-2)58-80-84(73,74)78-54-59(66)53-77-83(71,72)79-57-60(81-64(69)51-47-42-16-12-8-4)55-75-62(67)49-45-41-15-11-7-3/h22,24,26,31,59-61,66H,5-21,23,25,27-30,32-58H2,1-4H3,(H,71,72)(H,73,74)/b24-22-,31-26-/t59-,60+,61+/m0/s1. The number of hydrogen-bond acceptors (Lipinski definition) is 15. The van der Waals surface area contributed by atoms with Crippen molar-refractivity contribution in [1.82, 2.24) is 0 Å². The Balaban J connectivity index is 5.11. The number of carbonyl (C=O) groups excluding carboxylic acids is 4. The lowest BCUT2D eigenvalue weighted by molar-refractivity contribution is -0.161. The van der Waals surface area contributed by atoms with E-state index in [4.69, 9.17) is 37.0 Å². The predicted molar refractivity (Wildman–Crippen MR) is 335 cm³/mol. The second-order valence-electron chi connectivity index (χ2n) is 22.8. The molecule has 0 amide bonds. The van der Waals surface area contributed by atoms with Gasteiger partial charge in [0.25, 0.3) is 0 Å². The number of aliphatic hydroxyl groups excluding tert-OH is 1.